The quantitative estimate of drug-likeness (QED) is 0.332. The molecule has 0 saturated heterocycles. The average Bonchev–Trinajstić information content (AvgIpc) is 3.25. The zero-order valence-corrected chi connectivity index (χ0v) is 23.0. The fraction of sp³-hybridized carbons (Fsp3) is 0.323. The number of aromatic nitrogens is 2. The summed E-state index contributed by atoms with van der Waals surface area (Å²) in [4.78, 5) is 21.7. The van der Waals surface area contributed by atoms with Crippen molar-refractivity contribution >= 4 is 17.3 Å². The van der Waals surface area contributed by atoms with E-state index in [1.54, 1.807) is 6.92 Å². The van der Waals surface area contributed by atoms with Crippen LogP contribution in [0.1, 0.15) is 23.4 Å². The van der Waals surface area contributed by atoms with E-state index in [0.29, 0.717) is 24.7 Å². The highest BCUT2D eigenvalue weighted by molar-refractivity contribution is 5.93. The monoisotopic (exact) mass is 525 g/mol. The molecule has 5 rings (SSSR count). The largest absolute Gasteiger partial charge is 0.491 e. The number of aryl methyl sites for hydroxylation is 2. The number of fused-ring (bicyclic) bond motifs is 1. The lowest BCUT2D eigenvalue weighted by Gasteiger charge is -2.26. The van der Waals surface area contributed by atoms with Gasteiger partial charge in [-0.25, -0.2) is 0 Å². The lowest BCUT2D eigenvalue weighted by molar-refractivity contribution is -0.115. The summed E-state index contributed by atoms with van der Waals surface area (Å²) in [5.74, 6) is 1.96. The molecule has 1 aliphatic rings. The first-order valence-electron chi connectivity index (χ1n) is 13.3. The predicted octanol–water partition coefficient (Wildman–Crippen LogP) is 5.35. The minimum absolute atomic E-state index is 0.0481. The second-order valence-electron chi connectivity index (χ2n) is 10.3. The highest BCUT2D eigenvalue weighted by atomic mass is 16.5. The van der Waals surface area contributed by atoms with Crippen LogP contribution in [0.15, 0.2) is 65.2 Å². The molecule has 202 valence electrons. The maximum absolute atomic E-state index is 12.9. The number of hydrogen-bond acceptors (Lipinski definition) is 7. The zero-order chi connectivity index (χ0) is 27.4. The minimum Gasteiger partial charge on any atom is -0.491 e. The van der Waals surface area contributed by atoms with Crippen molar-refractivity contribution in [3.05, 3.63) is 77.7 Å². The number of rotatable bonds is 8. The first-order chi connectivity index (χ1) is 18.9. The van der Waals surface area contributed by atoms with Gasteiger partial charge in [-0.2, -0.15) is 4.98 Å². The van der Waals surface area contributed by atoms with Crippen molar-refractivity contribution < 1.29 is 14.1 Å². The maximum atomic E-state index is 12.9. The number of carbonyl (C=O) groups excluding carboxylic acids is 1. The Balaban J connectivity index is 1.24. The summed E-state index contributed by atoms with van der Waals surface area (Å²) in [7, 11) is 4.16. The molecule has 0 radical (unpaired) electrons. The van der Waals surface area contributed by atoms with Gasteiger partial charge in [0, 0.05) is 37.8 Å². The lowest BCUT2D eigenvalue weighted by atomic mass is 9.97. The Morgan fingerprint density at radius 2 is 1.82 bits per heavy atom. The van der Waals surface area contributed by atoms with Gasteiger partial charge >= 0.3 is 0 Å². The fourth-order valence-electron chi connectivity index (χ4n) is 4.81. The molecular formula is C31H35N5O3. The molecule has 8 nitrogen and oxygen atoms in total. The molecule has 1 aliphatic heterocycles. The Morgan fingerprint density at radius 1 is 1.03 bits per heavy atom. The van der Waals surface area contributed by atoms with E-state index in [0.717, 1.165) is 71.0 Å². The number of nitrogens with one attached hydrogen (secondary N) is 1. The van der Waals surface area contributed by atoms with Gasteiger partial charge in [0.15, 0.2) is 0 Å². The van der Waals surface area contributed by atoms with Crippen LogP contribution in [0.25, 0.3) is 22.5 Å². The number of hydrogen-bond donors (Lipinski definition) is 1. The smallest absolute Gasteiger partial charge is 0.228 e. The number of anilines is 2. The van der Waals surface area contributed by atoms with E-state index in [-0.39, 0.29) is 5.91 Å². The van der Waals surface area contributed by atoms with E-state index in [4.69, 9.17) is 9.26 Å². The summed E-state index contributed by atoms with van der Waals surface area (Å²) in [6, 6.07) is 20.2. The molecule has 39 heavy (non-hydrogen) atoms. The van der Waals surface area contributed by atoms with Gasteiger partial charge < -0.3 is 24.4 Å². The minimum atomic E-state index is -0.0481. The Morgan fingerprint density at radius 3 is 2.54 bits per heavy atom. The SMILES string of the molecule is Cc1nc(-c2ccc(-c3ccc(CC(=O)Nc4ccc5c(c4)N(CCN(C)C)CCCO5)cc3)c(C)c2)no1. The number of benzene rings is 3. The van der Waals surface area contributed by atoms with Crippen LogP contribution in [0.4, 0.5) is 11.4 Å². The Hall–Kier alpha value is -4.17. The molecule has 1 aromatic heterocycles. The number of ether oxygens (including phenoxy) is 1. The molecule has 0 unspecified atom stereocenters. The molecule has 0 aliphatic carbocycles. The van der Waals surface area contributed by atoms with Crippen LogP contribution in [0, 0.1) is 13.8 Å². The summed E-state index contributed by atoms with van der Waals surface area (Å²) in [6.45, 7) is 7.35. The zero-order valence-electron chi connectivity index (χ0n) is 23.0. The van der Waals surface area contributed by atoms with Gasteiger partial charge in [-0.1, -0.05) is 41.6 Å². The highest BCUT2D eigenvalue weighted by Gasteiger charge is 2.18. The summed E-state index contributed by atoms with van der Waals surface area (Å²) in [6.07, 6.45) is 1.27. The van der Waals surface area contributed by atoms with Gasteiger partial charge in [0.2, 0.25) is 17.6 Å². The molecule has 2 heterocycles. The summed E-state index contributed by atoms with van der Waals surface area (Å²) >= 11 is 0. The Kier molecular flexibility index (Phi) is 7.93. The molecule has 3 aromatic carbocycles. The third-order valence-electron chi connectivity index (χ3n) is 6.87. The van der Waals surface area contributed by atoms with E-state index < -0.39 is 0 Å². The second-order valence-corrected chi connectivity index (χ2v) is 10.3. The summed E-state index contributed by atoms with van der Waals surface area (Å²) < 4.78 is 11.1. The molecule has 0 atom stereocenters. The third kappa shape index (κ3) is 6.46. The van der Waals surface area contributed by atoms with Crippen LogP contribution in [0.5, 0.6) is 5.75 Å². The van der Waals surface area contributed by atoms with E-state index in [1.807, 2.05) is 36.4 Å². The second kappa shape index (κ2) is 11.7. The van der Waals surface area contributed by atoms with Gasteiger partial charge in [-0.3, -0.25) is 4.79 Å². The molecule has 0 bridgehead atoms. The van der Waals surface area contributed by atoms with Crippen LogP contribution in [-0.2, 0) is 11.2 Å². The van der Waals surface area contributed by atoms with E-state index in [2.05, 4.69) is 70.5 Å². The van der Waals surface area contributed by atoms with E-state index in [1.165, 1.54) is 0 Å². The van der Waals surface area contributed by atoms with E-state index >= 15 is 0 Å². The van der Waals surface area contributed by atoms with Gasteiger partial charge in [0.25, 0.3) is 0 Å². The number of nitrogens with zero attached hydrogens (tertiary/aromatic N) is 4. The van der Waals surface area contributed by atoms with Crippen LogP contribution in [-0.4, -0.2) is 61.3 Å². The molecule has 1 N–H and O–H groups in total. The Bertz CT molecular complexity index is 1450. The molecular weight excluding hydrogens is 490 g/mol. The van der Waals surface area contributed by atoms with Crippen molar-refractivity contribution in [3.8, 4) is 28.3 Å². The van der Waals surface area contributed by atoms with Gasteiger partial charge in [-0.05, 0) is 74.0 Å². The third-order valence-corrected chi connectivity index (χ3v) is 6.87. The molecule has 1 amide bonds. The predicted molar refractivity (Wildman–Crippen MR) is 154 cm³/mol. The standard InChI is InChI=1S/C31H35N5O3/c1-21-18-25(31-32-22(2)39-34-31)10-12-27(21)24-8-6-23(7-9-24)19-30(37)33-26-11-13-29-28(20-26)36(14-5-17-38-29)16-15-35(3)4/h6-13,18,20H,5,14-17,19H2,1-4H3,(H,33,37). The van der Waals surface area contributed by atoms with Gasteiger partial charge in [0.1, 0.15) is 5.75 Å². The average molecular weight is 526 g/mol. The van der Waals surface area contributed by atoms with E-state index in [9.17, 15) is 4.79 Å². The lowest BCUT2D eigenvalue weighted by Crippen LogP contribution is -2.32. The van der Waals surface area contributed by atoms with Crippen LogP contribution < -0.4 is 15.0 Å². The van der Waals surface area contributed by atoms with Crippen LogP contribution in [0.3, 0.4) is 0 Å². The normalized spacial score (nSPS) is 13.1. The molecule has 8 heteroatoms. The highest BCUT2D eigenvalue weighted by Crippen LogP contribution is 2.34. The van der Waals surface area contributed by atoms with Crippen molar-refractivity contribution in [1.29, 1.82) is 0 Å². The van der Waals surface area contributed by atoms with Crippen molar-refractivity contribution in [2.24, 2.45) is 0 Å². The van der Waals surface area contributed by atoms with Crippen molar-refractivity contribution in [2.75, 3.05) is 50.6 Å². The number of likely N-dealkylation sites (N-methyl/N-ethyl adjacent to an activating group) is 1. The number of amides is 1. The van der Waals surface area contributed by atoms with Gasteiger partial charge in [-0.15, -0.1) is 0 Å². The summed E-state index contributed by atoms with van der Waals surface area (Å²) in [5, 5.41) is 7.08. The number of carbonyl (C=O) groups is 1. The summed E-state index contributed by atoms with van der Waals surface area (Å²) in [5.41, 5.74) is 7.03. The molecule has 0 saturated carbocycles. The van der Waals surface area contributed by atoms with Crippen LogP contribution in [0.2, 0.25) is 0 Å². The molecule has 0 fully saturated rings. The fourth-order valence-corrected chi connectivity index (χ4v) is 4.81. The first-order valence-corrected chi connectivity index (χ1v) is 13.3. The van der Waals surface area contributed by atoms with Crippen LogP contribution >= 0.6 is 0 Å². The van der Waals surface area contributed by atoms with Crippen molar-refractivity contribution in [3.63, 3.8) is 0 Å². The van der Waals surface area contributed by atoms with Crippen molar-refractivity contribution in [2.45, 2.75) is 26.7 Å². The Labute approximate surface area is 229 Å². The maximum Gasteiger partial charge on any atom is 0.228 e. The first kappa shape index (κ1) is 26.4. The molecule has 0 spiro atoms. The molecule has 4 aromatic rings. The topological polar surface area (TPSA) is 83.7 Å². The van der Waals surface area contributed by atoms with Gasteiger partial charge in [0.05, 0.1) is 18.7 Å². The van der Waals surface area contributed by atoms with Crippen molar-refractivity contribution in [1.82, 2.24) is 15.0 Å².